The van der Waals surface area contributed by atoms with Crippen LogP contribution in [0.2, 0.25) is 5.02 Å². The number of pyridine rings is 1. The van der Waals surface area contributed by atoms with E-state index in [4.69, 9.17) is 11.6 Å². The van der Waals surface area contributed by atoms with Gasteiger partial charge in [-0.3, -0.25) is 4.98 Å². The Bertz CT molecular complexity index is 562. The number of benzene rings is 1. The van der Waals surface area contributed by atoms with Gasteiger partial charge in [-0.05, 0) is 40.0 Å². The minimum atomic E-state index is -0.246. The molecule has 0 N–H and O–H groups in total. The van der Waals surface area contributed by atoms with E-state index in [0.717, 1.165) is 5.56 Å². The smallest absolute Gasteiger partial charge is 0.141 e. The molecule has 5 heteroatoms. The number of aromatic nitrogens is 1. The Hall–Kier alpha value is -0.450. The number of hydrogen-bond donors (Lipinski definition) is 0. The van der Waals surface area contributed by atoms with E-state index in [1.54, 1.807) is 24.5 Å². The van der Waals surface area contributed by atoms with Crippen LogP contribution >= 0.6 is 43.5 Å². The Morgan fingerprint density at radius 2 is 2.11 bits per heavy atom. The van der Waals surface area contributed by atoms with Gasteiger partial charge >= 0.3 is 0 Å². The summed E-state index contributed by atoms with van der Waals surface area (Å²) in [4.78, 5) is 3.80. The van der Waals surface area contributed by atoms with Crippen LogP contribution in [0.5, 0.6) is 0 Å². The molecule has 1 atom stereocenters. The van der Waals surface area contributed by atoms with Crippen molar-refractivity contribution in [3.63, 3.8) is 0 Å². The van der Waals surface area contributed by atoms with Gasteiger partial charge < -0.3 is 0 Å². The van der Waals surface area contributed by atoms with E-state index in [0.29, 0.717) is 21.5 Å². The fourth-order valence-electron chi connectivity index (χ4n) is 1.63. The second kappa shape index (κ2) is 6.13. The second-order valence-corrected chi connectivity index (χ2v) is 6.15. The third-order valence-corrected chi connectivity index (χ3v) is 4.34. The summed E-state index contributed by atoms with van der Waals surface area (Å²) in [5.74, 6) is -0.246. The highest BCUT2D eigenvalue weighted by molar-refractivity contribution is 9.10. The van der Waals surface area contributed by atoms with Crippen molar-refractivity contribution in [3.8, 4) is 0 Å². The first-order chi connectivity index (χ1) is 8.59. The van der Waals surface area contributed by atoms with Crippen molar-refractivity contribution in [2.45, 2.75) is 11.2 Å². The minimum absolute atomic E-state index is 0.130. The monoisotopic (exact) mass is 391 g/mol. The number of halogens is 4. The number of alkyl halides is 1. The highest BCUT2D eigenvalue weighted by Gasteiger charge is 2.16. The molecule has 0 saturated carbocycles. The summed E-state index contributed by atoms with van der Waals surface area (Å²) in [5.41, 5.74) is 1.55. The molecule has 18 heavy (non-hydrogen) atoms. The van der Waals surface area contributed by atoms with Crippen LogP contribution in [-0.2, 0) is 6.42 Å². The first kappa shape index (κ1) is 14.0. The average molecular weight is 393 g/mol. The molecule has 94 valence electrons. The average Bonchev–Trinajstić information content (AvgIpc) is 2.35. The van der Waals surface area contributed by atoms with E-state index in [1.165, 1.54) is 0 Å². The molecule has 0 spiro atoms. The van der Waals surface area contributed by atoms with Crippen LogP contribution in [0.1, 0.15) is 16.0 Å². The molecule has 0 amide bonds. The molecular weight excluding hydrogens is 384 g/mol. The molecule has 1 aromatic carbocycles. The molecule has 2 aromatic rings. The van der Waals surface area contributed by atoms with Gasteiger partial charge in [0, 0.05) is 22.8 Å². The molecule has 0 aliphatic carbocycles. The Kier molecular flexibility index (Phi) is 4.76. The molecular formula is C13H9Br2ClFN. The van der Waals surface area contributed by atoms with Crippen LogP contribution in [0.15, 0.2) is 41.1 Å². The zero-order valence-corrected chi connectivity index (χ0v) is 13.1. The molecule has 1 nitrogen and oxygen atoms in total. The summed E-state index contributed by atoms with van der Waals surface area (Å²) < 4.78 is 14.4. The molecule has 0 bridgehead atoms. The van der Waals surface area contributed by atoms with Crippen LogP contribution in [0.4, 0.5) is 4.39 Å². The topological polar surface area (TPSA) is 12.9 Å². The number of rotatable bonds is 3. The lowest BCUT2D eigenvalue weighted by Gasteiger charge is -2.13. The predicted molar refractivity (Wildman–Crippen MR) is 78.7 cm³/mol. The second-order valence-electron chi connectivity index (χ2n) is 3.78. The van der Waals surface area contributed by atoms with Crippen molar-refractivity contribution in [2.75, 3.05) is 0 Å². The maximum atomic E-state index is 13.9. The van der Waals surface area contributed by atoms with E-state index < -0.39 is 0 Å². The van der Waals surface area contributed by atoms with Crippen LogP contribution < -0.4 is 0 Å². The molecule has 1 heterocycles. The van der Waals surface area contributed by atoms with Gasteiger partial charge in [0.1, 0.15) is 5.82 Å². The fourth-order valence-corrected chi connectivity index (χ4v) is 2.92. The fraction of sp³-hybridized carbons (Fsp3) is 0.154. The van der Waals surface area contributed by atoms with Gasteiger partial charge in [0.15, 0.2) is 0 Å². The Labute approximate surface area is 127 Å². The minimum Gasteiger partial charge on any atom is -0.263 e. The van der Waals surface area contributed by atoms with E-state index >= 15 is 0 Å². The van der Waals surface area contributed by atoms with Crippen LogP contribution in [0.3, 0.4) is 0 Å². The van der Waals surface area contributed by atoms with Crippen LogP contribution in [0.25, 0.3) is 0 Å². The molecule has 0 aliphatic heterocycles. The van der Waals surface area contributed by atoms with Crippen molar-refractivity contribution in [2.24, 2.45) is 0 Å². The molecule has 2 rings (SSSR count). The van der Waals surface area contributed by atoms with Crippen LogP contribution in [-0.4, -0.2) is 4.98 Å². The standard InChI is InChI=1S/C13H9Br2ClFN/c14-10-3-1-2-9(13(10)17)11(15)6-8-4-5-18-7-12(8)16/h1-5,7,11H,6H2. The zero-order valence-electron chi connectivity index (χ0n) is 9.21. The zero-order chi connectivity index (χ0) is 13.1. The molecule has 0 aliphatic rings. The SMILES string of the molecule is Fc1c(Br)cccc1C(Br)Cc1ccncc1Cl. The van der Waals surface area contributed by atoms with Gasteiger partial charge in [-0.2, -0.15) is 0 Å². The van der Waals surface area contributed by atoms with Gasteiger partial charge in [-0.25, -0.2) is 4.39 Å². The molecule has 1 aromatic heterocycles. The third-order valence-electron chi connectivity index (χ3n) is 2.57. The van der Waals surface area contributed by atoms with Crippen molar-refractivity contribution >= 4 is 43.5 Å². The Balaban J connectivity index is 2.25. The lowest BCUT2D eigenvalue weighted by molar-refractivity contribution is 0.601. The normalized spacial score (nSPS) is 12.4. The summed E-state index contributed by atoms with van der Waals surface area (Å²) in [6, 6.07) is 7.09. The predicted octanol–water partition coefficient (Wildman–Crippen LogP) is 5.32. The maximum absolute atomic E-state index is 13.9. The van der Waals surface area contributed by atoms with Gasteiger partial charge in [0.25, 0.3) is 0 Å². The summed E-state index contributed by atoms with van der Waals surface area (Å²) >= 11 is 12.7. The quantitative estimate of drug-likeness (QED) is 0.644. The molecule has 0 radical (unpaired) electrons. The van der Waals surface area contributed by atoms with Gasteiger partial charge in [-0.1, -0.05) is 39.7 Å². The van der Waals surface area contributed by atoms with E-state index in [-0.39, 0.29) is 10.6 Å². The van der Waals surface area contributed by atoms with Gasteiger partial charge in [0.2, 0.25) is 0 Å². The first-order valence-electron chi connectivity index (χ1n) is 5.26. The van der Waals surface area contributed by atoms with Crippen molar-refractivity contribution in [1.29, 1.82) is 0 Å². The molecule has 1 unspecified atom stereocenters. The third kappa shape index (κ3) is 3.11. The van der Waals surface area contributed by atoms with Crippen LogP contribution in [0, 0.1) is 5.82 Å². The van der Waals surface area contributed by atoms with E-state index in [1.807, 2.05) is 12.1 Å². The lowest BCUT2D eigenvalue weighted by atomic mass is 10.0. The number of hydrogen-bond acceptors (Lipinski definition) is 1. The Morgan fingerprint density at radius 3 is 2.83 bits per heavy atom. The van der Waals surface area contributed by atoms with Gasteiger partial charge in [-0.15, -0.1) is 0 Å². The van der Waals surface area contributed by atoms with Crippen molar-refractivity contribution < 1.29 is 4.39 Å². The van der Waals surface area contributed by atoms with Gasteiger partial charge in [0.05, 0.1) is 9.50 Å². The summed E-state index contributed by atoms with van der Waals surface area (Å²) in [5, 5.41) is 0.595. The Morgan fingerprint density at radius 1 is 1.33 bits per heavy atom. The van der Waals surface area contributed by atoms with E-state index in [9.17, 15) is 4.39 Å². The molecule has 0 fully saturated rings. The highest BCUT2D eigenvalue weighted by atomic mass is 79.9. The number of nitrogens with zero attached hydrogens (tertiary/aromatic N) is 1. The first-order valence-corrected chi connectivity index (χ1v) is 7.34. The largest absolute Gasteiger partial charge is 0.263 e. The lowest BCUT2D eigenvalue weighted by Crippen LogP contribution is -2.00. The highest BCUT2D eigenvalue weighted by Crippen LogP contribution is 2.33. The van der Waals surface area contributed by atoms with Crippen molar-refractivity contribution in [3.05, 3.63) is 63.1 Å². The summed E-state index contributed by atoms with van der Waals surface area (Å²) in [7, 11) is 0. The maximum Gasteiger partial charge on any atom is 0.141 e. The van der Waals surface area contributed by atoms with Crippen molar-refractivity contribution in [1.82, 2.24) is 4.98 Å². The van der Waals surface area contributed by atoms with E-state index in [2.05, 4.69) is 36.8 Å². The summed E-state index contributed by atoms with van der Waals surface area (Å²) in [6.07, 6.45) is 3.88. The summed E-state index contributed by atoms with van der Waals surface area (Å²) in [6.45, 7) is 0. The molecule has 0 saturated heterocycles.